The van der Waals surface area contributed by atoms with Crippen molar-refractivity contribution >= 4 is 29.0 Å². The maximum Gasteiger partial charge on any atom is 0.265 e. The van der Waals surface area contributed by atoms with Gasteiger partial charge in [-0.05, 0) is 37.3 Å². The van der Waals surface area contributed by atoms with E-state index in [4.69, 9.17) is 4.74 Å². The lowest BCUT2D eigenvalue weighted by atomic mass is 10.1. The van der Waals surface area contributed by atoms with Crippen LogP contribution in [0, 0.1) is 11.6 Å². The molecule has 1 aliphatic rings. The molecule has 2 aromatic carbocycles. The van der Waals surface area contributed by atoms with Gasteiger partial charge < -0.3 is 15.0 Å². The fourth-order valence-electron chi connectivity index (χ4n) is 2.68. The fraction of sp³-hybridized carbons (Fsp3) is 0.211. The Hall–Kier alpha value is -3.29. The van der Waals surface area contributed by atoms with E-state index in [0.29, 0.717) is 23.1 Å². The Morgan fingerprint density at radius 3 is 2.67 bits per heavy atom. The summed E-state index contributed by atoms with van der Waals surface area (Å²) in [6.07, 6.45) is -0.119. The Bertz CT molecular complexity index is 930. The highest BCUT2D eigenvalue weighted by molar-refractivity contribution is 6.02. The van der Waals surface area contributed by atoms with Gasteiger partial charge >= 0.3 is 0 Å². The van der Waals surface area contributed by atoms with Gasteiger partial charge in [-0.25, -0.2) is 8.78 Å². The predicted octanol–water partition coefficient (Wildman–Crippen LogP) is 2.92. The number of ketones is 1. The first-order valence-corrected chi connectivity index (χ1v) is 8.18. The Kier molecular flexibility index (Phi) is 5.16. The summed E-state index contributed by atoms with van der Waals surface area (Å²) in [6.45, 7) is 1.24. The van der Waals surface area contributed by atoms with Crippen molar-refractivity contribution in [2.45, 2.75) is 13.3 Å². The van der Waals surface area contributed by atoms with Crippen LogP contribution < -0.4 is 15.0 Å². The minimum atomic E-state index is -0.887. The molecule has 0 atom stereocenters. The smallest absolute Gasteiger partial charge is 0.265 e. The van der Waals surface area contributed by atoms with E-state index in [1.165, 1.54) is 17.9 Å². The van der Waals surface area contributed by atoms with Gasteiger partial charge in [-0.3, -0.25) is 14.4 Å². The van der Waals surface area contributed by atoms with Crippen molar-refractivity contribution < 1.29 is 27.9 Å². The number of carbonyl (C=O) groups is 3. The van der Waals surface area contributed by atoms with Crippen molar-refractivity contribution in [3.8, 4) is 5.75 Å². The topological polar surface area (TPSA) is 75.7 Å². The number of halogens is 2. The van der Waals surface area contributed by atoms with Gasteiger partial charge in [-0.1, -0.05) is 0 Å². The summed E-state index contributed by atoms with van der Waals surface area (Å²) < 4.78 is 31.9. The van der Waals surface area contributed by atoms with E-state index in [1.54, 1.807) is 12.1 Å². The average molecular weight is 374 g/mol. The first-order chi connectivity index (χ1) is 12.8. The molecule has 0 fully saturated rings. The molecule has 3 rings (SSSR count). The standard InChI is InChI=1S/C19H16F2N2O4/c1-11(24)12-2-5-17-16(8-12)23(19(26)10-27-17)7-6-18(25)22-15-4-3-13(20)9-14(15)21/h2-5,8-9H,6-7,10H2,1H3,(H,22,25). The Morgan fingerprint density at radius 2 is 1.96 bits per heavy atom. The van der Waals surface area contributed by atoms with Gasteiger partial charge in [0.15, 0.2) is 12.4 Å². The van der Waals surface area contributed by atoms with Crippen LogP contribution in [0.5, 0.6) is 5.75 Å². The first kappa shape index (κ1) is 18.5. The Morgan fingerprint density at radius 1 is 1.19 bits per heavy atom. The van der Waals surface area contributed by atoms with Gasteiger partial charge in [-0.15, -0.1) is 0 Å². The van der Waals surface area contributed by atoms with E-state index in [9.17, 15) is 23.2 Å². The molecule has 0 saturated carbocycles. The van der Waals surface area contributed by atoms with E-state index in [1.807, 2.05) is 0 Å². The number of nitrogens with zero attached hydrogens (tertiary/aromatic N) is 1. The SMILES string of the molecule is CC(=O)c1ccc2c(c1)N(CCC(=O)Nc1ccc(F)cc1F)C(=O)CO2. The van der Waals surface area contributed by atoms with Crippen molar-refractivity contribution in [2.75, 3.05) is 23.4 Å². The second kappa shape index (κ2) is 7.53. The van der Waals surface area contributed by atoms with Crippen molar-refractivity contribution in [3.05, 3.63) is 53.6 Å². The molecule has 8 heteroatoms. The van der Waals surface area contributed by atoms with Crippen molar-refractivity contribution in [1.29, 1.82) is 0 Å². The van der Waals surface area contributed by atoms with Gasteiger partial charge in [-0.2, -0.15) is 0 Å². The van der Waals surface area contributed by atoms with Crippen LogP contribution in [-0.4, -0.2) is 30.7 Å². The number of hydrogen-bond acceptors (Lipinski definition) is 4. The van der Waals surface area contributed by atoms with Crippen LogP contribution in [0.2, 0.25) is 0 Å². The molecule has 6 nitrogen and oxygen atoms in total. The summed E-state index contributed by atoms with van der Waals surface area (Å²) >= 11 is 0. The number of hydrogen-bond donors (Lipinski definition) is 1. The number of Topliss-reactive ketones (excluding diaryl/α,β-unsaturated/α-hetero) is 1. The molecule has 0 bridgehead atoms. The lowest BCUT2D eigenvalue weighted by Crippen LogP contribution is -2.40. The quantitative estimate of drug-likeness (QED) is 0.817. The summed E-state index contributed by atoms with van der Waals surface area (Å²) in [4.78, 5) is 37.2. The third-order valence-electron chi connectivity index (χ3n) is 4.08. The van der Waals surface area contributed by atoms with Gasteiger partial charge in [0, 0.05) is 24.6 Å². The molecule has 0 unspecified atom stereocenters. The molecule has 0 saturated heterocycles. The van der Waals surface area contributed by atoms with Crippen LogP contribution in [0.1, 0.15) is 23.7 Å². The summed E-state index contributed by atoms with van der Waals surface area (Å²) in [5.41, 5.74) is 0.670. The molecule has 1 heterocycles. The van der Waals surface area contributed by atoms with Crippen LogP contribution in [0.25, 0.3) is 0 Å². The third kappa shape index (κ3) is 4.11. The van der Waals surface area contributed by atoms with Crippen molar-refractivity contribution in [1.82, 2.24) is 0 Å². The summed E-state index contributed by atoms with van der Waals surface area (Å²) in [7, 11) is 0. The minimum absolute atomic E-state index is 0.0190. The summed E-state index contributed by atoms with van der Waals surface area (Å²) in [5, 5.41) is 2.34. The molecular weight excluding hydrogens is 358 g/mol. The molecule has 0 aromatic heterocycles. The zero-order chi connectivity index (χ0) is 19.6. The van der Waals surface area contributed by atoms with Crippen LogP contribution in [0.15, 0.2) is 36.4 Å². The lowest BCUT2D eigenvalue weighted by Gasteiger charge is -2.29. The number of rotatable bonds is 5. The van der Waals surface area contributed by atoms with Crippen LogP contribution >= 0.6 is 0 Å². The zero-order valence-electron chi connectivity index (χ0n) is 14.4. The number of benzene rings is 2. The highest BCUT2D eigenvalue weighted by atomic mass is 19.1. The molecule has 2 amide bonds. The molecule has 0 aliphatic carbocycles. The molecule has 140 valence electrons. The highest BCUT2D eigenvalue weighted by Crippen LogP contribution is 2.33. The van der Waals surface area contributed by atoms with Crippen LogP contribution in [0.3, 0.4) is 0 Å². The van der Waals surface area contributed by atoms with Crippen LogP contribution in [0.4, 0.5) is 20.2 Å². The van der Waals surface area contributed by atoms with Gasteiger partial charge in [0.25, 0.3) is 5.91 Å². The van der Waals surface area contributed by atoms with Gasteiger partial charge in [0.2, 0.25) is 5.91 Å². The molecule has 27 heavy (non-hydrogen) atoms. The number of ether oxygens (including phenoxy) is 1. The zero-order valence-corrected chi connectivity index (χ0v) is 14.4. The average Bonchev–Trinajstić information content (AvgIpc) is 2.62. The normalized spacial score (nSPS) is 13.0. The molecular formula is C19H16F2N2O4. The van der Waals surface area contributed by atoms with E-state index in [2.05, 4.69) is 5.32 Å². The lowest BCUT2D eigenvalue weighted by molar-refractivity contribution is -0.121. The number of carbonyl (C=O) groups excluding carboxylic acids is 3. The van der Waals surface area contributed by atoms with E-state index in [0.717, 1.165) is 12.1 Å². The maximum atomic E-state index is 13.6. The Balaban J connectivity index is 1.72. The minimum Gasteiger partial charge on any atom is -0.482 e. The van der Waals surface area contributed by atoms with Crippen molar-refractivity contribution in [2.24, 2.45) is 0 Å². The number of fused-ring (bicyclic) bond motifs is 1. The van der Waals surface area contributed by atoms with E-state index >= 15 is 0 Å². The predicted molar refractivity (Wildman–Crippen MR) is 93.9 cm³/mol. The summed E-state index contributed by atoms with van der Waals surface area (Å²) in [6, 6.07) is 7.55. The number of anilines is 2. The fourth-order valence-corrected chi connectivity index (χ4v) is 2.68. The monoisotopic (exact) mass is 374 g/mol. The molecule has 1 aliphatic heterocycles. The number of nitrogens with one attached hydrogen (secondary N) is 1. The highest BCUT2D eigenvalue weighted by Gasteiger charge is 2.26. The second-order valence-corrected chi connectivity index (χ2v) is 6.00. The summed E-state index contributed by atoms with van der Waals surface area (Å²) in [5.74, 6) is -2.26. The first-order valence-electron chi connectivity index (χ1n) is 8.18. The van der Waals surface area contributed by atoms with E-state index < -0.39 is 17.5 Å². The second-order valence-electron chi connectivity index (χ2n) is 6.00. The maximum absolute atomic E-state index is 13.6. The van der Waals surface area contributed by atoms with Gasteiger partial charge in [0.05, 0.1) is 11.4 Å². The molecule has 2 aromatic rings. The Labute approximate surface area is 153 Å². The van der Waals surface area contributed by atoms with Crippen LogP contribution in [-0.2, 0) is 9.59 Å². The molecule has 0 radical (unpaired) electrons. The third-order valence-corrected chi connectivity index (χ3v) is 4.08. The molecule has 1 N–H and O–H groups in total. The van der Waals surface area contributed by atoms with Crippen molar-refractivity contribution in [3.63, 3.8) is 0 Å². The number of amides is 2. The van der Waals surface area contributed by atoms with Gasteiger partial charge in [0.1, 0.15) is 17.4 Å². The van der Waals surface area contributed by atoms with E-state index in [-0.39, 0.29) is 37.0 Å². The largest absolute Gasteiger partial charge is 0.482 e. The molecule has 0 spiro atoms.